The first kappa shape index (κ1) is 29.6. The number of aromatic hydroxyl groups is 2. The number of phenolic OH excluding ortho intramolecular Hbond substituents is 2. The second-order valence-corrected chi connectivity index (χ2v) is 6.28. The van der Waals surface area contributed by atoms with Crippen LogP contribution in [0.2, 0.25) is 0 Å². The maximum Gasteiger partial charge on any atom is 3.00 e. The molecule has 0 aromatic heterocycles. The van der Waals surface area contributed by atoms with Crippen LogP contribution >= 0.6 is 0 Å². The zero-order valence-corrected chi connectivity index (χ0v) is 19.2. The van der Waals surface area contributed by atoms with Crippen molar-refractivity contribution >= 4 is 23.8 Å². The molecule has 4 N–H and O–H groups in total. The van der Waals surface area contributed by atoms with Gasteiger partial charge in [0.2, 0.25) is 0 Å². The van der Waals surface area contributed by atoms with Crippen LogP contribution in [0.15, 0.2) is 46.4 Å². The number of nitrogens with zero attached hydrogens (tertiary/aromatic N) is 4. The predicted molar refractivity (Wildman–Crippen MR) is 122 cm³/mol. The molecular formula is C20H26FeN6O6+3. The number of rotatable bonds is 10. The first-order chi connectivity index (χ1) is 15.3. The molecule has 0 spiro atoms. The molecule has 177 valence electrons. The molecule has 0 aliphatic rings. The van der Waals surface area contributed by atoms with Crippen molar-refractivity contribution in [3.63, 3.8) is 0 Å². The van der Waals surface area contributed by atoms with Crippen molar-refractivity contribution in [1.29, 1.82) is 0 Å². The quantitative estimate of drug-likeness (QED) is 0.125. The van der Waals surface area contributed by atoms with Crippen molar-refractivity contribution in [3.8, 4) is 11.5 Å². The van der Waals surface area contributed by atoms with Gasteiger partial charge in [0.1, 0.15) is 11.5 Å². The zero-order valence-electron chi connectivity index (χ0n) is 18.1. The Hall–Kier alpha value is -3.38. The van der Waals surface area contributed by atoms with Crippen molar-refractivity contribution in [3.05, 3.63) is 67.8 Å². The van der Waals surface area contributed by atoms with Gasteiger partial charge in [-0.1, -0.05) is 0 Å². The van der Waals surface area contributed by atoms with Gasteiger partial charge in [0, 0.05) is 60.9 Å². The fourth-order valence-corrected chi connectivity index (χ4v) is 2.20. The van der Waals surface area contributed by atoms with E-state index in [1.165, 1.54) is 48.8 Å². The van der Waals surface area contributed by atoms with E-state index in [9.17, 15) is 30.4 Å². The second-order valence-electron chi connectivity index (χ2n) is 6.28. The van der Waals surface area contributed by atoms with E-state index >= 15 is 0 Å². The van der Waals surface area contributed by atoms with E-state index in [1.807, 2.05) is 0 Å². The van der Waals surface area contributed by atoms with Crippen molar-refractivity contribution in [2.75, 3.05) is 40.3 Å². The minimum Gasteiger partial charge on any atom is -0.507 e. The third-order valence-corrected chi connectivity index (χ3v) is 3.89. The molecule has 0 bridgehead atoms. The van der Waals surface area contributed by atoms with Gasteiger partial charge in [-0.25, -0.2) is 0 Å². The minimum atomic E-state index is -0.510. The van der Waals surface area contributed by atoms with Gasteiger partial charge in [0.15, 0.2) is 0 Å². The van der Waals surface area contributed by atoms with Crippen LogP contribution in [0.5, 0.6) is 11.5 Å². The number of non-ortho nitro benzene ring substituents is 2. The van der Waals surface area contributed by atoms with E-state index in [-0.39, 0.29) is 39.9 Å². The molecule has 0 atom stereocenters. The van der Waals surface area contributed by atoms with Gasteiger partial charge in [-0.15, -0.1) is 0 Å². The molecule has 0 aliphatic carbocycles. The minimum absolute atomic E-state index is 0. The van der Waals surface area contributed by atoms with Crippen LogP contribution in [0.4, 0.5) is 11.4 Å². The van der Waals surface area contributed by atoms with E-state index in [0.717, 1.165) is 0 Å². The summed E-state index contributed by atoms with van der Waals surface area (Å²) >= 11 is 0. The normalized spacial score (nSPS) is 10.5. The van der Waals surface area contributed by atoms with Crippen LogP contribution in [0, 0.1) is 20.2 Å². The SMILES string of the molecule is CNCCN=Cc1cc([N+](=O)[O-])ccc1O.CNCCN=Cc1cc([N+](=O)[O-])ccc1O.[Fe+3]. The largest absolute Gasteiger partial charge is 3.00 e. The van der Waals surface area contributed by atoms with Gasteiger partial charge in [-0.05, 0) is 26.2 Å². The van der Waals surface area contributed by atoms with Gasteiger partial charge >= 0.3 is 17.1 Å². The van der Waals surface area contributed by atoms with Gasteiger partial charge < -0.3 is 20.8 Å². The van der Waals surface area contributed by atoms with E-state index in [4.69, 9.17) is 0 Å². The average molecular weight is 502 g/mol. The summed E-state index contributed by atoms with van der Waals surface area (Å²) in [5, 5.41) is 45.7. The van der Waals surface area contributed by atoms with Crippen molar-refractivity contribution in [1.82, 2.24) is 10.6 Å². The van der Waals surface area contributed by atoms with Crippen LogP contribution in [0.25, 0.3) is 0 Å². The molecule has 2 rings (SSSR count). The topological polar surface area (TPSA) is 176 Å². The summed E-state index contributed by atoms with van der Waals surface area (Å²) in [6.07, 6.45) is 2.86. The molecule has 2 aromatic carbocycles. The smallest absolute Gasteiger partial charge is 0.507 e. The molecule has 2 aromatic rings. The van der Waals surface area contributed by atoms with E-state index < -0.39 is 9.85 Å². The van der Waals surface area contributed by atoms with Gasteiger partial charge in [-0.3, -0.25) is 30.2 Å². The molecule has 0 unspecified atom stereocenters. The van der Waals surface area contributed by atoms with Crippen LogP contribution in [0.3, 0.4) is 0 Å². The molecule has 1 radical (unpaired) electrons. The fourth-order valence-electron chi connectivity index (χ4n) is 2.20. The summed E-state index contributed by atoms with van der Waals surface area (Å²) in [5.74, 6) is -0.0300. The monoisotopic (exact) mass is 502 g/mol. The van der Waals surface area contributed by atoms with Crippen LogP contribution in [-0.4, -0.2) is 72.8 Å². The Bertz CT molecular complexity index is 893. The molecule has 12 nitrogen and oxygen atoms in total. The Balaban J connectivity index is 0.000000602. The third-order valence-electron chi connectivity index (χ3n) is 3.89. The number of nitro groups is 2. The van der Waals surface area contributed by atoms with Crippen LogP contribution < -0.4 is 10.6 Å². The Labute approximate surface area is 201 Å². The maximum absolute atomic E-state index is 10.5. The Morgan fingerprint density at radius 1 is 0.818 bits per heavy atom. The summed E-state index contributed by atoms with van der Waals surface area (Å²) in [6.45, 7) is 2.54. The molecule has 0 heterocycles. The molecule has 13 heteroatoms. The Morgan fingerprint density at radius 3 is 1.48 bits per heavy atom. The number of nitrogens with one attached hydrogen (secondary N) is 2. The predicted octanol–water partition coefficient (Wildman–Crippen LogP) is 1.87. The maximum atomic E-state index is 10.5. The van der Waals surface area contributed by atoms with Crippen molar-refractivity contribution < 1.29 is 37.1 Å². The number of phenols is 2. The first-order valence-corrected chi connectivity index (χ1v) is 9.53. The van der Waals surface area contributed by atoms with Crippen molar-refractivity contribution in [2.24, 2.45) is 9.98 Å². The summed E-state index contributed by atoms with van der Waals surface area (Å²) < 4.78 is 0. The number of nitro benzene ring substituents is 2. The van der Waals surface area contributed by atoms with Crippen molar-refractivity contribution in [2.45, 2.75) is 0 Å². The van der Waals surface area contributed by atoms with Gasteiger partial charge in [0.25, 0.3) is 11.4 Å². The summed E-state index contributed by atoms with van der Waals surface area (Å²) in [5.41, 5.74) is 0.580. The summed E-state index contributed by atoms with van der Waals surface area (Å²) in [4.78, 5) is 28.0. The number of hydrogen-bond donors (Lipinski definition) is 4. The van der Waals surface area contributed by atoms with Gasteiger partial charge in [0.05, 0.1) is 22.9 Å². The number of likely N-dealkylation sites (N-methyl/N-ethyl adjacent to an activating group) is 2. The standard InChI is InChI=1S/2C10H13N3O3.Fe/c2*1-11-4-5-12-7-8-6-9(13(15)16)2-3-10(8)14;/h2*2-3,6-7,11,14H,4-5H2,1H3;/q;;+3. The number of benzene rings is 2. The Morgan fingerprint density at radius 2 is 1.18 bits per heavy atom. The van der Waals surface area contributed by atoms with E-state index in [1.54, 1.807) is 14.1 Å². The zero-order chi connectivity index (χ0) is 23.9. The summed E-state index contributed by atoms with van der Waals surface area (Å²) in [7, 11) is 3.61. The molecule has 0 saturated carbocycles. The average Bonchev–Trinajstić information content (AvgIpc) is 2.76. The van der Waals surface area contributed by atoms with Gasteiger partial charge in [-0.2, -0.15) is 0 Å². The number of hydrogen-bond acceptors (Lipinski definition) is 10. The summed E-state index contributed by atoms with van der Waals surface area (Å²) in [6, 6.07) is 7.66. The Kier molecular flexibility index (Phi) is 14.6. The fraction of sp³-hybridized carbons (Fsp3) is 0.300. The molecule has 33 heavy (non-hydrogen) atoms. The molecular weight excluding hydrogens is 476 g/mol. The van der Waals surface area contributed by atoms with E-state index in [2.05, 4.69) is 20.6 Å². The molecule has 0 aliphatic heterocycles. The first-order valence-electron chi connectivity index (χ1n) is 9.53. The number of aliphatic imine (C=N–C) groups is 2. The second kappa shape index (κ2) is 16.3. The molecule has 0 fully saturated rings. The molecule has 0 amide bonds. The van der Waals surface area contributed by atoms with E-state index in [0.29, 0.717) is 37.3 Å². The van der Waals surface area contributed by atoms with Crippen LogP contribution in [0.1, 0.15) is 11.1 Å². The van der Waals surface area contributed by atoms with Crippen LogP contribution in [-0.2, 0) is 17.1 Å². The third kappa shape index (κ3) is 11.2. The molecule has 0 saturated heterocycles.